The molecule has 0 bridgehead atoms. The molecule has 0 amide bonds. The van der Waals surface area contributed by atoms with E-state index in [2.05, 4.69) is 34.6 Å². The molecule has 0 aliphatic heterocycles. The normalized spacial score (nSPS) is 11.5. The van der Waals surface area contributed by atoms with Crippen LogP contribution < -0.4 is 4.98 Å². The van der Waals surface area contributed by atoms with Crippen molar-refractivity contribution in [3.05, 3.63) is 17.5 Å². The minimum atomic E-state index is -1.32. The summed E-state index contributed by atoms with van der Waals surface area (Å²) in [6.07, 6.45) is 0. The Kier molecular flexibility index (Phi) is 2.70. The van der Waals surface area contributed by atoms with Crippen molar-refractivity contribution in [2.45, 2.75) is 33.5 Å². The molecule has 0 atom stereocenters. The number of aromatic nitrogens is 2. The van der Waals surface area contributed by atoms with Gasteiger partial charge in [-0.15, -0.1) is 0 Å². The Hall–Kier alpha value is -0.903. The van der Waals surface area contributed by atoms with E-state index in [4.69, 9.17) is 0 Å². The molecular weight excluding hydrogens is 178 g/mol. The van der Waals surface area contributed by atoms with Crippen LogP contribution >= 0.6 is 0 Å². The lowest BCUT2D eigenvalue weighted by Gasteiger charge is -2.18. The molecule has 13 heavy (non-hydrogen) atoms. The van der Waals surface area contributed by atoms with E-state index in [9.17, 15) is 0 Å². The summed E-state index contributed by atoms with van der Waals surface area (Å²) in [4.78, 5) is 12.0. The quantitative estimate of drug-likeness (QED) is 0.736. The monoisotopic (exact) mass is 195 g/mol. The van der Waals surface area contributed by atoms with Crippen molar-refractivity contribution in [3.8, 4) is 0 Å². The fourth-order valence-electron chi connectivity index (χ4n) is 1.12. The van der Waals surface area contributed by atoms with E-state index in [1.165, 1.54) is 0 Å². The smallest absolute Gasteiger partial charge is 0.214 e. The maximum Gasteiger partial charge on any atom is 0.214 e. The highest BCUT2D eigenvalue weighted by Gasteiger charge is 2.14. The molecule has 0 aliphatic rings. The number of hydrogen-bond donors (Lipinski definition) is 1. The molecule has 0 radical (unpaired) electrons. The van der Waals surface area contributed by atoms with Crippen molar-refractivity contribution < 1.29 is 0 Å². The molecule has 0 spiro atoms. The largest absolute Gasteiger partial charge is 0.381 e. The van der Waals surface area contributed by atoms with Gasteiger partial charge in [-0.3, -0.25) is 0 Å². The lowest BCUT2D eigenvalue weighted by Crippen LogP contribution is -2.33. The molecule has 0 saturated heterocycles. The maximum atomic E-state index is 4.33. The van der Waals surface area contributed by atoms with Gasteiger partial charge in [0.2, 0.25) is 5.95 Å². The van der Waals surface area contributed by atoms with Gasteiger partial charge in [0.05, 0.1) is 0 Å². The molecule has 1 aromatic heterocycles. The topological polar surface area (TPSA) is 37.8 Å². The Labute approximate surface area is 80.7 Å². The first-order valence-corrected chi connectivity index (χ1v) is 7.97. The van der Waals surface area contributed by atoms with Gasteiger partial charge in [0.15, 0.2) is 0 Å². The van der Waals surface area contributed by atoms with Crippen LogP contribution in [0.4, 0.5) is 5.95 Å². The Bertz CT molecular complexity index is 284. The second-order valence-electron chi connectivity index (χ2n) is 4.35. The highest BCUT2D eigenvalue weighted by atomic mass is 28.3. The van der Waals surface area contributed by atoms with Crippen molar-refractivity contribution >= 4 is 14.2 Å². The van der Waals surface area contributed by atoms with Gasteiger partial charge in [0, 0.05) is 11.4 Å². The summed E-state index contributed by atoms with van der Waals surface area (Å²) >= 11 is 0. The molecule has 1 heterocycles. The number of anilines is 1. The minimum absolute atomic E-state index is 0.775. The molecule has 0 saturated carbocycles. The fourth-order valence-corrected chi connectivity index (χ4v) is 1.90. The van der Waals surface area contributed by atoms with Crippen molar-refractivity contribution in [1.29, 1.82) is 0 Å². The zero-order chi connectivity index (χ0) is 10.1. The maximum absolute atomic E-state index is 4.33. The van der Waals surface area contributed by atoms with Gasteiger partial charge in [0.1, 0.15) is 8.24 Å². The number of rotatable bonds is 2. The van der Waals surface area contributed by atoms with Crippen LogP contribution in [0, 0.1) is 13.8 Å². The third-order valence-electron chi connectivity index (χ3n) is 1.47. The summed E-state index contributed by atoms with van der Waals surface area (Å²) in [5.74, 6) is 0.775. The van der Waals surface area contributed by atoms with Crippen LogP contribution in [-0.2, 0) is 0 Å². The molecule has 3 nitrogen and oxygen atoms in total. The van der Waals surface area contributed by atoms with Crippen LogP contribution in [0.3, 0.4) is 0 Å². The average Bonchev–Trinajstić information content (AvgIpc) is 1.78. The summed E-state index contributed by atoms with van der Waals surface area (Å²) in [7, 11) is -1.32. The van der Waals surface area contributed by atoms with Crippen molar-refractivity contribution in [1.82, 2.24) is 9.97 Å². The van der Waals surface area contributed by atoms with Crippen LogP contribution in [-0.4, -0.2) is 18.2 Å². The summed E-state index contributed by atoms with van der Waals surface area (Å²) in [6.45, 7) is 10.7. The predicted octanol–water partition coefficient (Wildman–Crippen LogP) is 2.34. The summed E-state index contributed by atoms with van der Waals surface area (Å²) < 4.78 is 0. The molecule has 0 fully saturated rings. The van der Waals surface area contributed by atoms with Crippen LogP contribution in [0.25, 0.3) is 0 Å². The Morgan fingerprint density at radius 3 is 1.92 bits per heavy atom. The van der Waals surface area contributed by atoms with Gasteiger partial charge >= 0.3 is 0 Å². The molecule has 0 aliphatic carbocycles. The predicted molar refractivity (Wildman–Crippen MR) is 58.5 cm³/mol. The molecule has 0 unspecified atom stereocenters. The summed E-state index contributed by atoms with van der Waals surface area (Å²) in [5, 5.41) is 0. The van der Waals surface area contributed by atoms with E-state index in [0.29, 0.717) is 0 Å². The van der Waals surface area contributed by atoms with Crippen LogP contribution in [0.2, 0.25) is 19.6 Å². The Morgan fingerprint density at radius 2 is 1.54 bits per heavy atom. The number of aryl methyl sites for hydroxylation is 2. The highest BCUT2D eigenvalue weighted by molar-refractivity contribution is 6.79. The first-order chi connectivity index (χ1) is 5.87. The average molecular weight is 195 g/mol. The number of hydrogen-bond acceptors (Lipinski definition) is 3. The highest BCUT2D eigenvalue weighted by Crippen LogP contribution is 2.08. The van der Waals surface area contributed by atoms with E-state index >= 15 is 0 Å². The van der Waals surface area contributed by atoms with Gasteiger partial charge in [-0.2, -0.15) is 0 Å². The number of nitrogens with zero attached hydrogens (tertiary/aromatic N) is 2. The molecule has 4 heteroatoms. The zero-order valence-electron chi connectivity index (χ0n) is 8.97. The lowest BCUT2D eigenvalue weighted by atomic mass is 10.4. The van der Waals surface area contributed by atoms with Crippen molar-refractivity contribution in [3.63, 3.8) is 0 Å². The van der Waals surface area contributed by atoms with E-state index in [-0.39, 0.29) is 0 Å². The van der Waals surface area contributed by atoms with Crippen LogP contribution in [0.1, 0.15) is 11.4 Å². The standard InChI is InChI=1S/C9H17N3Si/c1-7-6-8(2)11-9(10-7)12-13(3,4)5/h6H,1-5H3,(H,10,11,12). The Balaban J connectivity index is 2.90. The molecule has 0 aromatic carbocycles. The molecule has 1 aromatic rings. The molecular formula is C9H17N3Si. The Morgan fingerprint density at radius 1 is 1.08 bits per heavy atom. The second-order valence-corrected chi connectivity index (χ2v) is 9.10. The summed E-state index contributed by atoms with van der Waals surface area (Å²) in [6, 6.07) is 1.98. The van der Waals surface area contributed by atoms with Crippen molar-refractivity contribution in [2.24, 2.45) is 0 Å². The van der Waals surface area contributed by atoms with Crippen LogP contribution in [0.15, 0.2) is 6.07 Å². The minimum Gasteiger partial charge on any atom is -0.381 e. The van der Waals surface area contributed by atoms with Gasteiger partial charge in [-0.25, -0.2) is 9.97 Å². The van der Waals surface area contributed by atoms with Crippen LogP contribution in [0.5, 0.6) is 0 Å². The molecule has 72 valence electrons. The van der Waals surface area contributed by atoms with Gasteiger partial charge in [-0.05, 0) is 19.9 Å². The second kappa shape index (κ2) is 3.45. The third kappa shape index (κ3) is 3.54. The molecule has 1 rings (SSSR count). The van der Waals surface area contributed by atoms with E-state index < -0.39 is 8.24 Å². The first kappa shape index (κ1) is 10.2. The molecule has 1 N–H and O–H groups in total. The zero-order valence-corrected chi connectivity index (χ0v) is 9.97. The number of nitrogens with one attached hydrogen (secondary N) is 1. The van der Waals surface area contributed by atoms with Gasteiger partial charge in [-0.1, -0.05) is 19.6 Å². The lowest BCUT2D eigenvalue weighted by molar-refractivity contribution is 1.06. The first-order valence-electron chi connectivity index (χ1n) is 4.47. The third-order valence-corrected chi connectivity index (χ3v) is 2.44. The fraction of sp³-hybridized carbons (Fsp3) is 0.556. The van der Waals surface area contributed by atoms with E-state index in [1.807, 2.05) is 19.9 Å². The van der Waals surface area contributed by atoms with Gasteiger partial charge < -0.3 is 4.98 Å². The SMILES string of the molecule is Cc1cc(C)nc(N[Si](C)(C)C)n1. The van der Waals surface area contributed by atoms with Crippen molar-refractivity contribution in [2.75, 3.05) is 4.98 Å². The summed E-state index contributed by atoms with van der Waals surface area (Å²) in [5.41, 5.74) is 2.04. The van der Waals surface area contributed by atoms with E-state index in [1.54, 1.807) is 0 Å². The van der Waals surface area contributed by atoms with Gasteiger partial charge in [0.25, 0.3) is 0 Å². The van der Waals surface area contributed by atoms with E-state index in [0.717, 1.165) is 17.3 Å².